The molecule has 3 nitrogen and oxygen atoms in total. The van der Waals surface area contributed by atoms with E-state index < -0.39 is 0 Å². The lowest BCUT2D eigenvalue weighted by Gasteiger charge is -2.12. The molecular weight excluding hydrogens is 234 g/mol. The van der Waals surface area contributed by atoms with E-state index in [9.17, 15) is 0 Å². The topological polar surface area (TPSA) is 43.8 Å². The Balaban J connectivity index is 2.10. The van der Waals surface area contributed by atoms with Gasteiger partial charge in [0.05, 0.1) is 17.4 Å². The minimum absolute atomic E-state index is 0.00489. The molecule has 19 heavy (non-hydrogen) atoms. The van der Waals surface area contributed by atoms with Gasteiger partial charge >= 0.3 is 0 Å². The molecule has 102 valence electrons. The van der Waals surface area contributed by atoms with Gasteiger partial charge in [0.15, 0.2) is 0 Å². The van der Waals surface area contributed by atoms with Gasteiger partial charge in [-0.25, -0.2) is 0 Å². The summed E-state index contributed by atoms with van der Waals surface area (Å²) in [5.41, 5.74) is 11.2. The van der Waals surface area contributed by atoms with Crippen LogP contribution in [0.2, 0.25) is 0 Å². The normalized spacial score (nSPS) is 12.6. The summed E-state index contributed by atoms with van der Waals surface area (Å²) in [5.74, 6) is 0. The average molecular weight is 257 g/mol. The van der Waals surface area contributed by atoms with E-state index in [2.05, 4.69) is 49.3 Å². The van der Waals surface area contributed by atoms with Crippen LogP contribution >= 0.6 is 0 Å². The van der Waals surface area contributed by atoms with E-state index in [4.69, 9.17) is 5.73 Å². The monoisotopic (exact) mass is 257 g/mol. The van der Waals surface area contributed by atoms with E-state index in [0.717, 1.165) is 30.7 Å². The molecule has 0 radical (unpaired) electrons. The molecule has 1 aromatic carbocycles. The molecule has 0 aliphatic rings. The van der Waals surface area contributed by atoms with Gasteiger partial charge in [-0.1, -0.05) is 38.1 Å². The zero-order valence-corrected chi connectivity index (χ0v) is 12.1. The summed E-state index contributed by atoms with van der Waals surface area (Å²) in [4.78, 5) is 0. The zero-order chi connectivity index (χ0) is 13.8. The molecule has 2 N–H and O–H groups in total. The summed E-state index contributed by atoms with van der Waals surface area (Å²) < 4.78 is 1.91. The van der Waals surface area contributed by atoms with Gasteiger partial charge in [0.25, 0.3) is 0 Å². The lowest BCUT2D eigenvalue weighted by atomic mass is 10.0. The number of hydrogen-bond acceptors (Lipinski definition) is 2. The molecule has 0 aliphatic carbocycles. The minimum Gasteiger partial charge on any atom is -0.322 e. The second-order valence-electron chi connectivity index (χ2n) is 5.02. The van der Waals surface area contributed by atoms with Crippen LogP contribution < -0.4 is 5.73 Å². The van der Waals surface area contributed by atoms with Crippen molar-refractivity contribution >= 4 is 0 Å². The molecule has 2 aromatic rings. The Morgan fingerprint density at radius 3 is 2.26 bits per heavy atom. The first-order valence-electron chi connectivity index (χ1n) is 7.00. The van der Waals surface area contributed by atoms with Crippen molar-refractivity contribution in [1.29, 1.82) is 0 Å². The predicted octanol–water partition coefficient (Wildman–Crippen LogP) is 2.79. The molecule has 0 saturated heterocycles. The standard InChI is InChI=1S/C16H23N3/c1-4-12-6-8-13(9-7-12)10-15(17)16-11-14(5-2)18-19(16)3/h6-9,11,15H,4-5,10,17H2,1-3H3. The molecule has 1 aromatic heterocycles. The lowest BCUT2D eigenvalue weighted by Crippen LogP contribution is -2.17. The number of aryl methyl sites for hydroxylation is 3. The fourth-order valence-electron chi connectivity index (χ4n) is 2.33. The fraction of sp³-hybridized carbons (Fsp3) is 0.438. The fourth-order valence-corrected chi connectivity index (χ4v) is 2.33. The van der Waals surface area contributed by atoms with Crippen LogP contribution in [-0.2, 0) is 26.3 Å². The molecule has 1 heterocycles. The third-order valence-electron chi connectivity index (χ3n) is 3.60. The Labute approximate surface area is 115 Å². The first-order chi connectivity index (χ1) is 9.13. The number of rotatable bonds is 5. The van der Waals surface area contributed by atoms with Crippen LogP contribution in [0.5, 0.6) is 0 Å². The largest absolute Gasteiger partial charge is 0.322 e. The van der Waals surface area contributed by atoms with E-state index in [1.165, 1.54) is 11.1 Å². The lowest BCUT2D eigenvalue weighted by molar-refractivity contribution is 0.614. The molecule has 0 spiro atoms. The van der Waals surface area contributed by atoms with Gasteiger partial charge < -0.3 is 5.73 Å². The summed E-state index contributed by atoms with van der Waals surface area (Å²) in [7, 11) is 1.97. The van der Waals surface area contributed by atoms with Gasteiger partial charge in [-0.05, 0) is 36.5 Å². The van der Waals surface area contributed by atoms with E-state index in [1.807, 2.05) is 11.7 Å². The third-order valence-corrected chi connectivity index (χ3v) is 3.60. The first kappa shape index (κ1) is 13.8. The smallest absolute Gasteiger partial charge is 0.0625 e. The van der Waals surface area contributed by atoms with Crippen molar-refractivity contribution in [2.45, 2.75) is 39.2 Å². The summed E-state index contributed by atoms with van der Waals surface area (Å²) in [5, 5.41) is 4.46. The SMILES string of the molecule is CCc1ccc(CC(N)c2cc(CC)nn2C)cc1. The molecule has 1 atom stereocenters. The van der Waals surface area contributed by atoms with Crippen molar-refractivity contribution in [2.75, 3.05) is 0 Å². The van der Waals surface area contributed by atoms with Crippen LogP contribution in [0.4, 0.5) is 0 Å². The van der Waals surface area contributed by atoms with Gasteiger partial charge in [0.1, 0.15) is 0 Å². The van der Waals surface area contributed by atoms with Gasteiger partial charge in [-0.3, -0.25) is 4.68 Å². The molecule has 0 bridgehead atoms. The maximum Gasteiger partial charge on any atom is 0.0625 e. The maximum atomic E-state index is 6.31. The van der Waals surface area contributed by atoms with Crippen molar-refractivity contribution in [1.82, 2.24) is 9.78 Å². The van der Waals surface area contributed by atoms with Crippen LogP contribution in [0.25, 0.3) is 0 Å². The van der Waals surface area contributed by atoms with E-state index in [1.54, 1.807) is 0 Å². The predicted molar refractivity (Wildman–Crippen MR) is 79.0 cm³/mol. The van der Waals surface area contributed by atoms with Crippen molar-refractivity contribution in [3.05, 3.63) is 52.8 Å². The van der Waals surface area contributed by atoms with Crippen LogP contribution in [0.15, 0.2) is 30.3 Å². The summed E-state index contributed by atoms with van der Waals surface area (Å²) in [6, 6.07) is 10.8. The van der Waals surface area contributed by atoms with Crippen molar-refractivity contribution in [3.8, 4) is 0 Å². The quantitative estimate of drug-likeness (QED) is 0.895. The van der Waals surface area contributed by atoms with Gasteiger partial charge in [-0.2, -0.15) is 5.10 Å². The number of benzene rings is 1. The van der Waals surface area contributed by atoms with Gasteiger partial charge in [0, 0.05) is 7.05 Å². The second-order valence-corrected chi connectivity index (χ2v) is 5.02. The molecule has 3 heteroatoms. The van der Waals surface area contributed by atoms with Crippen LogP contribution in [0, 0.1) is 0 Å². The Hall–Kier alpha value is -1.61. The Bertz CT molecular complexity index is 525. The number of nitrogens with zero attached hydrogens (tertiary/aromatic N) is 2. The maximum absolute atomic E-state index is 6.31. The van der Waals surface area contributed by atoms with Crippen molar-refractivity contribution < 1.29 is 0 Å². The van der Waals surface area contributed by atoms with Gasteiger partial charge in [-0.15, -0.1) is 0 Å². The third kappa shape index (κ3) is 3.24. The minimum atomic E-state index is 0.00489. The molecule has 2 rings (SSSR count). The Kier molecular flexibility index (Phi) is 4.38. The molecule has 0 fully saturated rings. The van der Waals surface area contributed by atoms with Crippen molar-refractivity contribution in [3.63, 3.8) is 0 Å². The highest BCUT2D eigenvalue weighted by Crippen LogP contribution is 2.17. The summed E-state index contributed by atoms with van der Waals surface area (Å²) in [6.45, 7) is 4.28. The Morgan fingerprint density at radius 2 is 1.74 bits per heavy atom. The zero-order valence-electron chi connectivity index (χ0n) is 12.1. The summed E-state index contributed by atoms with van der Waals surface area (Å²) >= 11 is 0. The highest BCUT2D eigenvalue weighted by atomic mass is 15.3. The number of aromatic nitrogens is 2. The number of hydrogen-bond donors (Lipinski definition) is 1. The second kappa shape index (κ2) is 6.02. The van der Waals surface area contributed by atoms with E-state index in [0.29, 0.717) is 0 Å². The van der Waals surface area contributed by atoms with E-state index in [-0.39, 0.29) is 6.04 Å². The first-order valence-corrected chi connectivity index (χ1v) is 7.00. The number of nitrogens with two attached hydrogens (primary N) is 1. The highest BCUT2D eigenvalue weighted by Gasteiger charge is 2.13. The van der Waals surface area contributed by atoms with E-state index >= 15 is 0 Å². The molecule has 0 saturated carbocycles. The van der Waals surface area contributed by atoms with Crippen LogP contribution in [-0.4, -0.2) is 9.78 Å². The molecular formula is C16H23N3. The molecule has 0 amide bonds. The summed E-state index contributed by atoms with van der Waals surface area (Å²) in [6.07, 6.45) is 2.88. The molecule has 1 unspecified atom stereocenters. The van der Waals surface area contributed by atoms with Crippen LogP contribution in [0.3, 0.4) is 0 Å². The highest BCUT2D eigenvalue weighted by molar-refractivity contribution is 5.25. The van der Waals surface area contributed by atoms with Crippen LogP contribution in [0.1, 0.15) is 42.4 Å². The Morgan fingerprint density at radius 1 is 1.11 bits per heavy atom. The average Bonchev–Trinajstić information content (AvgIpc) is 2.81. The molecule has 0 aliphatic heterocycles. The van der Waals surface area contributed by atoms with Gasteiger partial charge in [0.2, 0.25) is 0 Å². The van der Waals surface area contributed by atoms with Crippen molar-refractivity contribution in [2.24, 2.45) is 12.8 Å².